The van der Waals surface area contributed by atoms with Gasteiger partial charge < -0.3 is 10.6 Å². The van der Waals surface area contributed by atoms with Crippen LogP contribution in [0, 0.1) is 0 Å². The summed E-state index contributed by atoms with van der Waals surface area (Å²) in [7, 11) is 0. The van der Waals surface area contributed by atoms with E-state index in [2.05, 4.69) is 80.3 Å². The van der Waals surface area contributed by atoms with Gasteiger partial charge in [-0.1, -0.05) is 45.9 Å². The summed E-state index contributed by atoms with van der Waals surface area (Å²) in [6, 6.07) is 8.73. The van der Waals surface area contributed by atoms with E-state index in [4.69, 9.17) is 0 Å². The maximum Gasteiger partial charge on any atom is 0.224 e. The van der Waals surface area contributed by atoms with Crippen molar-refractivity contribution in [1.29, 1.82) is 0 Å². The molecule has 4 nitrogen and oxygen atoms in total. The number of nitrogens with one attached hydrogen (secondary N) is 2. The molecule has 0 bridgehead atoms. The van der Waals surface area contributed by atoms with Crippen LogP contribution < -0.4 is 10.6 Å². The van der Waals surface area contributed by atoms with E-state index in [0.717, 1.165) is 5.82 Å². The highest BCUT2D eigenvalue weighted by Gasteiger charge is 2.14. The molecular weight excluding hydrogens is 284 g/mol. The molecule has 1 aromatic carbocycles. The molecule has 2 aromatic rings. The maximum atomic E-state index is 4.58. The summed E-state index contributed by atoms with van der Waals surface area (Å²) in [4.78, 5) is 8.85. The van der Waals surface area contributed by atoms with E-state index in [1.165, 1.54) is 16.8 Å². The quantitative estimate of drug-likeness (QED) is 0.761. The van der Waals surface area contributed by atoms with Crippen LogP contribution >= 0.6 is 0 Å². The Morgan fingerprint density at radius 3 is 2.00 bits per heavy atom. The molecule has 1 aromatic heterocycles. The van der Waals surface area contributed by atoms with Crippen LogP contribution in [-0.2, 0) is 0 Å². The third-order valence-electron chi connectivity index (χ3n) is 3.70. The minimum Gasteiger partial charge on any atom is -0.352 e. The lowest BCUT2D eigenvalue weighted by Crippen LogP contribution is -2.13. The molecule has 0 aliphatic rings. The molecule has 23 heavy (non-hydrogen) atoms. The highest BCUT2D eigenvalue weighted by molar-refractivity contribution is 5.67. The van der Waals surface area contributed by atoms with Crippen LogP contribution in [0.2, 0.25) is 0 Å². The van der Waals surface area contributed by atoms with E-state index < -0.39 is 0 Å². The maximum absolute atomic E-state index is 4.58. The average molecular weight is 312 g/mol. The highest BCUT2D eigenvalue weighted by Crippen LogP contribution is 2.34. The van der Waals surface area contributed by atoms with Crippen molar-refractivity contribution in [1.82, 2.24) is 9.97 Å². The van der Waals surface area contributed by atoms with Crippen molar-refractivity contribution in [2.75, 3.05) is 10.6 Å². The van der Waals surface area contributed by atoms with E-state index in [1.54, 1.807) is 6.20 Å². The van der Waals surface area contributed by atoms with E-state index in [9.17, 15) is 0 Å². The molecule has 0 saturated heterocycles. The van der Waals surface area contributed by atoms with Crippen molar-refractivity contribution >= 4 is 17.5 Å². The molecule has 0 fully saturated rings. The number of benzene rings is 1. The summed E-state index contributed by atoms with van der Waals surface area (Å²) >= 11 is 0. The average Bonchev–Trinajstić information content (AvgIpc) is 2.46. The zero-order valence-electron chi connectivity index (χ0n) is 15.0. The monoisotopic (exact) mass is 312 g/mol. The second kappa shape index (κ2) is 7.44. The molecule has 4 heteroatoms. The second-order valence-electron chi connectivity index (χ2n) is 6.81. The Balaban J connectivity index is 2.39. The Morgan fingerprint density at radius 1 is 0.870 bits per heavy atom. The van der Waals surface area contributed by atoms with Crippen LogP contribution in [0.3, 0.4) is 0 Å². The van der Waals surface area contributed by atoms with Gasteiger partial charge in [0, 0.05) is 17.9 Å². The summed E-state index contributed by atoms with van der Waals surface area (Å²) < 4.78 is 0. The molecule has 0 saturated carbocycles. The van der Waals surface area contributed by atoms with Crippen LogP contribution in [0.15, 0.2) is 30.5 Å². The number of anilines is 3. The van der Waals surface area contributed by atoms with Crippen molar-refractivity contribution in [3.8, 4) is 0 Å². The topological polar surface area (TPSA) is 49.8 Å². The van der Waals surface area contributed by atoms with Gasteiger partial charge in [-0.25, -0.2) is 4.98 Å². The normalized spacial score (nSPS) is 11.3. The molecule has 0 radical (unpaired) electrons. The first-order chi connectivity index (χ1) is 10.9. The van der Waals surface area contributed by atoms with Crippen molar-refractivity contribution in [2.24, 2.45) is 0 Å². The number of para-hydroxylation sites is 1. The van der Waals surface area contributed by atoms with E-state index >= 15 is 0 Å². The van der Waals surface area contributed by atoms with Crippen LogP contribution in [0.4, 0.5) is 17.5 Å². The molecule has 1 heterocycles. The van der Waals surface area contributed by atoms with Gasteiger partial charge in [0.15, 0.2) is 0 Å². The zero-order valence-corrected chi connectivity index (χ0v) is 15.0. The fourth-order valence-electron chi connectivity index (χ4n) is 2.58. The Bertz CT molecular complexity index is 621. The molecule has 0 aliphatic carbocycles. The summed E-state index contributed by atoms with van der Waals surface area (Å²) in [5.41, 5.74) is 3.80. The van der Waals surface area contributed by atoms with Crippen LogP contribution in [0.1, 0.15) is 64.5 Å². The van der Waals surface area contributed by atoms with Gasteiger partial charge in [-0.05, 0) is 42.9 Å². The fourth-order valence-corrected chi connectivity index (χ4v) is 2.58. The Kier molecular flexibility index (Phi) is 5.59. The third-order valence-corrected chi connectivity index (χ3v) is 3.70. The fraction of sp³-hybridized carbons (Fsp3) is 0.474. The van der Waals surface area contributed by atoms with Gasteiger partial charge in [0.1, 0.15) is 5.82 Å². The van der Waals surface area contributed by atoms with Crippen LogP contribution in [-0.4, -0.2) is 16.0 Å². The largest absolute Gasteiger partial charge is 0.352 e. The second-order valence-corrected chi connectivity index (χ2v) is 6.81. The molecule has 0 atom stereocenters. The minimum atomic E-state index is 0.305. The third kappa shape index (κ3) is 4.44. The van der Waals surface area contributed by atoms with Crippen molar-refractivity contribution in [2.45, 2.75) is 59.4 Å². The van der Waals surface area contributed by atoms with Gasteiger partial charge in [-0.3, -0.25) is 0 Å². The highest BCUT2D eigenvalue weighted by atomic mass is 15.1. The molecular formula is C19H28N4. The predicted molar refractivity (Wildman–Crippen MR) is 98.7 cm³/mol. The minimum absolute atomic E-state index is 0.305. The summed E-state index contributed by atoms with van der Waals surface area (Å²) in [6.45, 7) is 13.0. The lowest BCUT2D eigenvalue weighted by molar-refractivity contribution is 0.837. The lowest BCUT2D eigenvalue weighted by Gasteiger charge is -2.20. The first-order valence-corrected chi connectivity index (χ1v) is 8.38. The van der Waals surface area contributed by atoms with E-state index in [0.29, 0.717) is 23.8 Å². The molecule has 2 N–H and O–H groups in total. The predicted octanol–water partition coefficient (Wildman–Crippen LogP) is 5.29. The van der Waals surface area contributed by atoms with Crippen LogP contribution in [0.25, 0.3) is 0 Å². The zero-order chi connectivity index (χ0) is 17.0. The number of nitrogens with zero attached hydrogens (tertiary/aromatic N) is 2. The van der Waals surface area contributed by atoms with Crippen molar-refractivity contribution < 1.29 is 0 Å². The summed E-state index contributed by atoms with van der Waals surface area (Å²) in [5.74, 6) is 2.37. The van der Waals surface area contributed by atoms with Gasteiger partial charge in [-0.2, -0.15) is 4.98 Å². The van der Waals surface area contributed by atoms with Gasteiger partial charge in [-0.15, -0.1) is 0 Å². The number of aromatic nitrogens is 2. The first-order valence-electron chi connectivity index (χ1n) is 8.38. The number of hydrogen-bond acceptors (Lipinski definition) is 4. The molecule has 0 aliphatic heterocycles. The van der Waals surface area contributed by atoms with Crippen molar-refractivity contribution in [3.05, 3.63) is 41.6 Å². The number of hydrogen-bond donors (Lipinski definition) is 2. The summed E-state index contributed by atoms with van der Waals surface area (Å²) in [6.07, 6.45) is 1.78. The molecule has 0 spiro atoms. The van der Waals surface area contributed by atoms with Gasteiger partial charge in [0.05, 0.1) is 0 Å². The van der Waals surface area contributed by atoms with Crippen molar-refractivity contribution in [3.63, 3.8) is 0 Å². The van der Waals surface area contributed by atoms with Gasteiger partial charge in [0.2, 0.25) is 5.95 Å². The van der Waals surface area contributed by atoms with E-state index in [1.807, 2.05) is 6.07 Å². The smallest absolute Gasteiger partial charge is 0.224 e. The SMILES string of the molecule is CC(C)Nc1nccc(Nc2c(C(C)C)cccc2C(C)C)n1. The van der Waals surface area contributed by atoms with Crippen LogP contribution in [0.5, 0.6) is 0 Å². The van der Waals surface area contributed by atoms with Gasteiger partial charge in [0.25, 0.3) is 0 Å². The molecule has 0 amide bonds. The van der Waals surface area contributed by atoms with E-state index in [-0.39, 0.29) is 0 Å². The molecule has 2 rings (SSSR count). The Labute approximate surface area is 139 Å². The summed E-state index contributed by atoms with van der Waals surface area (Å²) in [5, 5.41) is 6.77. The molecule has 124 valence electrons. The lowest BCUT2D eigenvalue weighted by atomic mass is 9.92. The standard InChI is InChI=1S/C19H28N4/c1-12(2)15-8-7-9-16(13(3)4)18(15)22-17-10-11-20-19(23-17)21-14(5)6/h7-14H,1-6H3,(H2,20,21,22,23). The van der Waals surface area contributed by atoms with Gasteiger partial charge >= 0.3 is 0 Å². The Morgan fingerprint density at radius 2 is 1.48 bits per heavy atom. The number of rotatable bonds is 6. The first kappa shape index (κ1) is 17.3. The molecule has 0 unspecified atom stereocenters. The Hall–Kier alpha value is -2.10.